The SMILES string of the molecule is C1CCCC1.C=CC.C=Cc1ccc2c(cc(-c3ccc(C)cc3)n2C/C=C\C)c1/C=C\C.CCCCC(=O)O. The van der Waals surface area contributed by atoms with E-state index in [0.717, 1.165) is 19.4 Å². The Morgan fingerprint density at radius 1 is 0.950 bits per heavy atom. The summed E-state index contributed by atoms with van der Waals surface area (Å²) in [6, 6.07) is 15.4. The summed E-state index contributed by atoms with van der Waals surface area (Å²) in [5.41, 5.74) is 7.44. The highest BCUT2D eigenvalue weighted by Crippen LogP contribution is 2.33. The maximum absolute atomic E-state index is 9.76. The van der Waals surface area contributed by atoms with Gasteiger partial charge in [0.2, 0.25) is 0 Å². The molecule has 1 aliphatic rings. The normalized spacial score (nSPS) is 12.2. The third kappa shape index (κ3) is 11.7. The molecule has 1 fully saturated rings. The number of unbranched alkanes of at least 4 members (excludes halogenated alkanes) is 1. The van der Waals surface area contributed by atoms with Gasteiger partial charge in [0.05, 0.1) is 0 Å². The molecule has 216 valence electrons. The van der Waals surface area contributed by atoms with E-state index in [4.69, 9.17) is 5.11 Å². The monoisotopic (exact) mass is 541 g/mol. The molecule has 0 atom stereocenters. The first-order valence-corrected chi connectivity index (χ1v) is 14.8. The molecule has 0 bridgehead atoms. The maximum atomic E-state index is 9.76. The molecular formula is C37H51NO2. The van der Waals surface area contributed by atoms with Gasteiger partial charge in [0.25, 0.3) is 0 Å². The molecule has 1 heterocycles. The standard InChI is InChI=1S/C24H25N.C5H10O2.C5H10.C3H6/c1-5-8-16-25-23-15-14-19(7-3)21(9-6-2)22(23)17-24(25)20-12-10-18(4)11-13-20;1-2-3-4-5(6)7;1-2-4-5-3-1;1-3-2/h5-15,17H,3,16H2,1-2,4H3;2-4H2,1H3,(H,6,7);1-5H2;3H,1H2,2H3/b8-5-,9-6-;;;. The van der Waals surface area contributed by atoms with Crippen LogP contribution in [0.1, 0.15) is 95.8 Å². The maximum Gasteiger partial charge on any atom is 0.303 e. The molecule has 0 radical (unpaired) electrons. The molecule has 2 aromatic carbocycles. The zero-order chi connectivity index (χ0) is 29.8. The second kappa shape index (κ2) is 20.3. The quantitative estimate of drug-likeness (QED) is 0.288. The van der Waals surface area contributed by atoms with E-state index >= 15 is 0 Å². The predicted molar refractivity (Wildman–Crippen MR) is 178 cm³/mol. The number of fused-ring (bicyclic) bond motifs is 1. The summed E-state index contributed by atoms with van der Waals surface area (Å²) in [7, 11) is 0. The van der Waals surface area contributed by atoms with E-state index < -0.39 is 5.97 Å². The Labute approximate surface area is 243 Å². The number of hydrogen-bond donors (Lipinski definition) is 1. The van der Waals surface area contributed by atoms with Crippen molar-refractivity contribution >= 4 is 29.0 Å². The highest BCUT2D eigenvalue weighted by atomic mass is 16.4. The molecule has 1 aromatic heterocycles. The molecule has 1 saturated carbocycles. The number of nitrogens with zero attached hydrogens (tertiary/aromatic N) is 1. The van der Waals surface area contributed by atoms with Crippen molar-refractivity contribution in [1.82, 2.24) is 4.57 Å². The molecule has 40 heavy (non-hydrogen) atoms. The van der Waals surface area contributed by atoms with Gasteiger partial charge in [-0.1, -0.05) is 124 Å². The summed E-state index contributed by atoms with van der Waals surface area (Å²) < 4.78 is 2.39. The van der Waals surface area contributed by atoms with Crippen LogP contribution in [0.5, 0.6) is 0 Å². The van der Waals surface area contributed by atoms with Gasteiger partial charge in [-0.05, 0) is 62.9 Å². The molecule has 1 N–H and O–H groups in total. The lowest BCUT2D eigenvalue weighted by Gasteiger charge is -2.10. The van der Waals surface area contributed by atoms with E-state index in [1.165, 1.54) is 71.0 Å². The number of aliphatic carboxylic acids is 1. The fraction of sp³-hybridized carbons (Fsp3) is 0.378. The Bertz CT molecular complexity index is 1210. The zero-order valence-corrected chi connectivity index (χ0v) is 25.6. The minimum atomic E-state index is -0.693. The van der Waals surface area contributed by atoms with Gasteiger partial charge in [-0.2, -0.15) is 0 Å². The smallest absolute Gasteiger partial charge is 0.303 e. The van der Waals surface area contributed by atoms with Crippen LogP contribution in [0.2, 0.25) is 0 Å². The Hall–Kier alpha value is -3.59. The number of hydrogen-bond acceptors (Lipinski definition) is 1. The molecule has 0 amide bonds. The highest BCUT2D eigenvalue weighted by molar-refractivity contribution is 5.96. The van der Waals surface area contributed by atoms with Crippen LogP contribution >= 0.6 is 0 Å². The Kier molecular flexibility index (Phi) is 17.5. The van der Waals surface area contributed by atoms with Gasteiger partial charge in [-0.25, -0.2) is 0 Å². The lowest BCUT2D eigenvalue weighted by atomic mass is 10.0. The van der Waals surface area contributed by atoms with E-state index in [1.54, 1.807) is 6.08 Å². The van der Waals surface area contributed by atoms with Crippen molar-refractivity contribution in [2.75, 3.05) is 0 Å². The predicted octanol–water partition coefficient (Wildman–Crippen LogP) is 11.3. The molecule has 4 rings (SSSR count). The molecular weight excluding hydrogens is 490 g/mol. The van der Waals surface area contributed by atoms with Gasteiger partial charge in [-0.3, -0.25) is 4.79 Å². The zero-order valence-electron chi connectivity index (χ0n) is 25.6. The van der Waals surface area contributed by atoms with Crippen LogP contribution in [0, 0.1) is 6.92 Å². The minimum absolute atomic E-state index is 0.316. The molecule has 0 spiro atoms. The van der Waals surface area contributed by atoms with Gasteiger partial charge in [0, 0.05) is 29.6 Å². The number of carboxylic acid groups (broad SMARTS) is 1. The summed E-state index contributed by atoms with van der Waals surface area (Å²) in [4.78, 5) is 9.76. The van der Waals surface area contributed by atoms with Crippen molar-refractivity contribution in [3.05, 3.63) is 96.6 Å². The van der Waals surface area contributed by atoms with E-state index in [0.29, 0.717) is 6.42 Å². The number of carboxylic acids is 1. The van der Waals surface area contributed by atoms with Crippen LogP contribution in [0.3, 0.4) is 0 Å². The third-order valence-corrected chi connectivity index (χ3v) is 6.58. The third-order valence-electron chi connectivity index (χ3n) is 6.58. The Balaban J connectivity index is 0.000000436. The largest absolute Gasteiger partial charge is 0.481 e. The second-order valence-electron chi connectivity index (χ2n) is 9.95. The molecule has 0 saturated heterocycles. The van der Waals surface area contributed by atoms with Gasteiger partial charge in [-0.15, -0.1) is 6.58 Å². The lowest BCUT2D eigenvalue weighted by molar-refractivity contribution is -0.137. The number of aromatic nitrogens is 1. The van der Waals surface area contributed by atoms with Crippen LogP contribution in [0.25, 0.3) is 34.3 Å². The number of rotatable bonds is 8. The highest BCUT2D eigenvalue weighted by Gasteiger charge is 2.13. The van der Waals surface area contributed by atoms with Gasteiger partial charge < -0.3 is 9.67 Å². The van der Waals surface area contributed by atoms with Crippen molar-refractivity contribution in [3.63, 3.8) is 0 Å². The van der Waals surface area contributed by atoms with Crippen molar-refractivity contribution < 1.29 is 9.90 Å². The fourth-order valence-corrected chi connectivity index (χ4v) is 4.49. The van der Waals surface area contributed by atoms with Crippen LogP contribution in [0.4, 0.5) is 0 Å². The Morgan fingerprint density at radius 3 is 2.00 bits per heavy atom. The second-order valence-corrected chi connectivity index (χ2v) is 9.95. The molecule has 3 aromatic rings. The van der Waals surface area contributed by atoms with E-state index in [2.05, 4.69) is 105 Å². The lowest BCUT2D eigenvalue weighted by Crippen LogP contribution is -1.98. The first-order chi connectivity index (χ1) is 19.4. The summed E-state index contributed by atoms with van der Waals surface area (Å²) >= 11 is 0. The van der Waals surface area contributed by atoms with Gasteiger partial charge >= 0.3 is 5.97 Å². The first-order valence-electron chi connectivity index (χ1n) is 14.8. The van der Waals surface area contributed by atoms with E-state index in [1.807, 2.05) is 19.9 Å². The van der Waals surface area contributed by atoms with Gasteiger partial charge in [0.15, 0.2) is 0 Å². The van der Waals surface area contributed by atoms with Crippen LogP contribution in [-0.2, 0) is 11.3 Å². The molecule has 3 nitrogen and oxygen atoms in total. The average molecular weight is 542 g/mol. The summed E-state index contributed by atoms with van der Waals surface area (Å²) in [6.45, 7) is 18.3. The van der Waals surface area contributed by atoms with Crippen molar-refractivity contribution in [3.8, 4) is 11.3 Å². The van der Waals surface area contributed by atoms with E-state index in [-0.39, 0.29) is 0 Å². The van der Waals surface area contributed by atoms with Crippen LogP contribution in [0.15, 0.2) is 79.9 Å². The first kappa shape index (κ1) is 34.4. The fourth-order valence-electron chi connectivity index (χ4n) is 4.49. The molecule has 3 heteroatoms. The topological polar surface area (TPSA) is 42.2 Å². The van der Waals surface area contributed by atoms with E-state index in [9.17, 15) is 4.79 Å². The summed E-state index contributed by atoms with van der Waals surface area (Å²) in [5, 5.41) is 9.32. The van der Waals surface area contributed by atoms with Gasteiger partial charge in [0.1, 0.15) is 0 Å². The molecule has 0 unspecified atom stereocenters. The number of aryl methyl sites for hydroxylation is 1. The number of benzene rings is 2. The van der Waals surface area contributed by atoms with Crippen molar-refractivity contribution in [2.24, 2.45) is 0 Å². The summed E-state index contributed by atoms with van der Waals surface area (Å²) in [5.74, 6) is -0.693. The number of carbonyl (C=O) groups is 1. The van der Waals surface area contributed by atoms with Crippen LogP contribution in [-0.4, -0.2) is 15.6 Å². The van der Waals surface area contributed by atoms with Crippen molar-refractivity contribution in [2.45, 2.75) is 92.5 Å². The number of allylic oxidation sites excluding steroid dienone is 4. The summed E-state index contributed by atoms with van der Waals surface area (Å²) in [6.07, 6.45) is 21.8. The Morgan fingerprint density at radius 2 is 1.55 bits per heavy atom. The average Bonchev–Trinajstić information content (AvgIpc) is 3.65. The molecule has 0 aliphatic heterocycles. The minimum Gasteiger partial charge on any atom is -0.481 e. The van der Waals surface area contributed by atoms with Crippen molar-refractivity contribution in [1.29, 1.82) is 0 Å². The molecule has 1 aliphatic carbocycles. The van der Waals surface area contributed by atoms with Crippen LogP contribution < -0.4 is 0 Å².